The fraction of sp³-hybridized carbons (Fsp3) is 0.0952. The van der Waals surface area contributed by atoms with Gasteiger partial charge in [0.05, 0.1) is 10.3 Å². The molecule has 0 unspecified atom stereocenters. The van der Waals surface area contributed by atoms with E-state index in [-0.39, 0.29) is 4.90 Å². The summed E-state index contributed by atoms with van der Waals surface area (Å²) in [6.07, 6.45) is 3.08. The average Bonchev–Trinajstić information content (AvgIpc) is 3.13. The first-order chi connectivity index (χ1) is 13.1. The van der Waals surface area contributed by atoms with Crippen molar-refractivity contribution in [1.82, 2.24) is 8.96 Å². The molecule has 0 atom stereocenters. The lowest BCUT2D eigenvalue weighted by Crippen LogP contribution is -2.13. The molecular weight excluding hydrogens is 360 g/mol. The smallest absolute Gasteiger partial charge is 0.269 e. The Balaban J connectivity index is 1.74. The van der Waals surface area contributed by atoms with Gasteiger partial charge in [-0.1, -0.05) is 48.5 Å². The van der Waals surface area contributed by atoms with Gasteiger partial charge in [0.1, 0.15) is 12.4 Å². The molecule has 0 bridgehead atoms. The molecule has 0 radical (unpaired) electrons. The number of aryl methyl sites for hydroxylation is 1. The van der Waals surface area contributed by atoms with E-state index in [0.29, 0.717) is 29.0 Å². The maximum Gasteiger partial charge on any atom is 0.269 e. The number of ether oxygens (including phenoxy) is 1. The van der Waals surface area contributed by atoms with E-state index >= 15 is 0 Å². The lowest BCUT2D eigenvalue weighted by molar-refractivity contribution is 0.310. The van der Waals surface area contributed by atoms with Crippen LogP contribution in [0.25, 0.3) is 11.0 Å². The Kier molecular flexibility index (Phi) is 4.41. The molecule has 0 aliphatic carbocycles. The Morgan fingerprint density at radius 2 is 1.70 bits per heavy atom. The minimum absolute atomic E-state index is 0.264. The Morgan fingerprint density at radius 1 is 0.963 bits per heavy atom. The molecular formula is C21H18N2O3S. The quantitative estimate of drug-likeness (QED) is 0.523. The lowest BCUT2D eigenvalue weighted by Gasteiger charge is -2.10. The first-order valence-electron chi connectivity index (χ1n) is 8.51. The van der Waals surface area contributed by atoms with Crippen LogP contribution in [0.1, 0.15) is 11.1 Å². The van der Waals surface area contributed by atoms with E-state index in [0.717, 1.165) is 5.56 Å². The number of benzene rings is 2. The second-order valence-corrected chi connectivity index (χ2v) is 7.99. The summed E-state index contributed by atoms with van der Waals surface area (Å²) in [6, 6.07) is 20.2. The van der Waals surface area contributed by atoms with Crippen LogP contribution in [0.15, 0.2) is 84.0 Å². The van der Waals surface area contributed by atoms with Crippen molar-refractivity contribution in [2.24, 2.45) is 0 Å². The van der Waals surface area contributed by atoms with Crippen molar-refractivity contribution >= 4 is 21.1 Å². The molecule has 0 aliphatic rings. The molecule has 0 spiro atoms. The van der Waals surface area contributed by atoms with Crippen LogP contribution in [0.3, 0.4) is 0 Å². The fourth-order valence-electron chi connectivity index (χ4n) is 3.00. The summed E-state index contributed by atoms with van der Waals surface area (Å²) < 4.78 is 33.3. The van der Waals surface area contributed by atoms with E-state index in [1.165, 1.54) is 10.2 Å². The predicted molar refractivity (Wildman–Crippen MR) is 104 cm³/mol. The maximum atomic E-state index is 13.1. The first-order valence-corrected chi connectivity index (χ1v) is 9.95. The van der Waals surface area contributed by atoms with E-state index < -0.39 is 10.0 Å². The molecule has 2 aromatic heterocycles. The number of pyridine rings is 1. The third-order valence-corrected chi connectivity index (χ3v) is 6.21. The molecule has 136 valence electrons. The van der Waals surface area contributed by atoms with Crippen LogP contribution in [-0.2, 0) is 16.6 Å². The number of fused-ring (bicyclic) bond motifs is 1. The normalized spacial score (nSPS) is 11.6. The van der Waals surface area contributed by atoms with Gasteiger partial charge in [0.2, 0.25) is 0 Å². The molecule has 2 aromatic carbocycles. The molecule has 6 heteroatoms. The second kappa shape index (κ2) is 6.89. The summed E-state index contributed by atoms with van der Waals surface area (Å²) >= 11 is 0. The number of nitrogens with zero attached hydrogens (tertiary/aromatic N) is 2. The summed E-state index contributed by atoms with van der Waals surface area (Å²) in [4.78, 5) is 4.55. The molecule has 0 saturated heterocycles. The van der Waals surface area contributed by atoms with Crippen molar-refractivity contribution in [3.05, 3.63) is 90.3 Å². The largest absolute Gasteiger partial charge is 0.488 e. The molecule has 4 aromatic rings. The van der Waals surface area contributed by atoms with Crippen LogP contribution in [0.4, 0.5) is 0 Å². The molecule has 0 N–H and O–H groups in total. The van der Waals surface area contributed by atoms with Gasteiger partial charge in [-0.2, -0.15) is 0 Å². The zero-order valence-electron chi connectivity index (χ0n) is 14.7. The highest BCUT2D eigenvalue weighted by atomic mass is 32.2. The van der Waals surface area contributed by atoms with Crippen molar-refractivity contribution in [3.63, 3.8) is 0 Å². The summed E-state index contributed by atoms with van der Waals surface area (Å²) in [5, 5.41) is 0.658. The zero-order valence-corrected chi connectivity index (χ0v) is 15.6. The van der Waals surface area contributed by atoms with Gasteiger partial charge in [0.25, 0.3) is 10.0 Å². The van der Waals surface area contributed by atoms with Crippen LogP contribution in [0.5, 0.6) is 5.75 Å². The van der Waals surface area contributed by atoms with Crippen LogP contribution < -0.4 is 4.74 Å². The van der Waals surface area contributed by atoms with Gasteiger partial charge in [-0.3, -0.25) is 0 Å². The van der Waals surface area contributed by atoms with E-state index in [4.69, 9.17) is 4.74 Å². The summed E-state index contributed by atoms with van der Waals surface area (Å²) in [5.41, 5.74) is 2.08. The lowest BCUT2D eigenvalue weighted by atomic mass is 10.2. The van der Waals surface area contributed by atoms with Gasteiger partial charge < -0.3 is 4.74 Å². The van der Waals surface area contributed by atoms with Crippen molar-refractivity contribution in [2.75, 3.05) is 0 Å². The Morgan fingerprint density at radius 3 is 2.48 bits per heavy atom. The third-order valence-electron chi connectivity index (χ3n) is 4.38. The molecule has 0 saturated carbocycles. The van der Waals surface area contributed by atoms with Gasteiger partial charge in [0, 0.05) is 12.4 Å². The number of rotatable bonds is 5. The number of aromatic nitrogens is 2. The SMILES string of the molecule is Cc1ccccc1S(=O)(=O)n1ccc2c(OCc3ccccc3)ccnc21. The van der Waals surface area contributed by atoms with E-state index in [2.05, 4.69) is 4.98 Å². The van der Waals surface area contributed by atoms with Crippen molar-refractivity contribution in [2.45, 2.75) is 18.4 Å². The molecule has 5 nitrogen and oxygen atoms in total. The van der Waals surface area contributed by atoms with Crippen LogP contribution in [0.2, 0.25) is 0 Å². The highest BCUT2D eigenvalue weighted by Gasteiger charge is 2.22. The highest BCUT2D eigenvalue weighted by Crippen LogP contribution is 2.29. The summed E-state index contributed by atoms with van der Waals surface area (Å²) in [5.74, 6) is 0.600. The van der Waals surface area contributed by atoms with Gasteiger partial charge >= 0.3 is 0 Å². The van der Waals surface area contributed by atoms with Gasteiger partial charge in [0.15, 0.2) is 5.65 Å². The molecule has 0 fully saturated rings. The number of hydrogen-bond acceptors (Lipinski definition) is 4. The standard InChI is InChI=1S/C21H18N2O3S/c1-16-7-5-6-10-20(16)27(24,25)23-14-12-18-19(11-13-22-21(18)23)26-15-17-8-3-2-4-9-17/h2-14H,15H2,1H3. The highest BCUT2D eigenvalue weighted by molar-refractivity contribution is 7.90. The predicted octanol–water partition coefficient (Wildman–Crippen LogP) is 4.16. The summed E-state index contributed by atoms with van der Waals surface area (Å²) in [7, 11) is -3.74. The molecule has 0 aliphatic heterocycles. The van der Waals surface area contributed by atoms with Crippen molar-refractivity contribution in [3.8, 4) is 5.75 Å². The van der Waals surface area contributed by atoms with Crippen LogP contribution >= 0.6 is 0 Å². The van der Waals surface area contributed by atoms with Gasteiger partial charge in [-0.15, -0.1) is 0 Å². The fourth-order valence-corrected chi connectivity index (χ4v) is 4.53. The van der Waals surface area contributed by atoms with Crippen molar-refractivity contribution in [1.29, 1.82) is 0 Å². The summed E-state index contributed by atoms with van der Waals surface area (Å²) in [6.45, 7) is 2.18. The van der Waals surface area contributed by atoms with Gasteiger partial charge in [-0.05, 0) is 36.2 Å². The topological polar surface area (TPSA) is 61.2 Å². The molecule has 4 rings (SSSR count). The Bertz CT molecular complexity index is 1200. The minimum atomic E-state index is -3.74. The van der Waals surface area contributed by atoms with Crippen LogP contribution in [0, 0.1) is 6.92 Å². The Labute approximate surface area is 157 Å². The molecule has 2 heterocycles. The van der Waals surface area contributed by atoms with E-state index in [1.807, 2.05) is 36.4 Å². The molecule has 0 amide bonds. The zero-order chi connectivity index (χ0) is 18.9. The third kappa shape index (κ3) is 3.19. The monoisotopic (exact) mass is 378 g/mol. The average molecular weight is 378 g/mol. The first kappa shape index (κ1) is 17.3. The van der Waals surface area contributed by atoms with Crippen molar-refractivity contribution < 1.29 is 13.2 Å². The maximum absolute atomic E-state index is 13.1. The van der Waals surface area contributed by atoms with E-state index in [1.54, 1.807) is 43.5 Å². The minimum Gasteiger partial charge on any atom is -0.488 e. The number of hydrogen-bond donors (Lipinski definition) is 0. The van der Waals surface area contributed by atoms with Crippen LogP contribution in [-0.4, -0.2) is 17.4 Å². The Hall–Kier alpha value is -3.12. The van der Waals surface area contributed by atoms with Gasteiger partial charge in [-0.25, -0.2) is 17.4 Å². The molecule has 27 heavy (non-hydrogen) atoms. The van der Waals surface area contributed by atoms with E-state index in [9.17, 15) is 8.42 Å². The second-order valence-electron chi connectivity index (χ2n) is 6.20.